The van der Waals surface area contributed by atoms with Gasteiger partial charge in [0.15, 0.2) is 0 Å². The van der Waals surface area contributed by atoms with Crippen LogP contribution in [0.5, 0.6) is 5.75 Å². The monoisotopic (exact) mass is 384 g/mol. The Labute approximate surface area is 168 Å². The van der Waals surface area contributed by atoms with Crippen molar-refractivity contribution in [1.82, 2.24) is 9.80 Å². The second-order valence-electron chi connectivity index (χ2n) is 8.93. The Morgan fingerprint density at radius 1 is 1.11 bits per heavy atom. The van der Waals surface area contributed by atoms with E-state index in [4.69, 9.17) is 4.74 Å². The predicted molar refractivity (Wildman–Crippen MR) is 108 cm³/mol. The van der Waals surface area contributed by atoms with Crippen LogP contribution in [0.25, 0.3) is 0 Å². The first-order valence-corrected chi connectivity index (χ1v) is 10.8. The van der Waals surface area contributed by atoms with Gasteiger partial charge in [-0.2, -0.15) is 0 Å². The van der Waals surface area contributed by atoms with Crippen LogP contribution in [-0.2, 0) is 16.1 Å². The van der Waals surface area contributed by atoms with Gasteiger partial charge in [-0.1, -0.05) is 31.0 Å². The van der Waals surface area contributed by atoms with Crippen LogP contribution in [0.2, 0.25) is 0 Å². The fourth-order valence-corrected chi connectivity index (χ4v) is 5.25. The van der Waals surface area contributed by atoms with Crippen molar-refractivity contribution in [2.45, 2.75) is 76.5 Å². The summed E-state index contributed by atoms with van der Waals surface area (Å²) in [5.41, 5.74) is 0.733. The third-order valence-corrected chi connectivity index (χ3v) is 7.05. The zero-order chi connectivity index (χ0) is 19.7. The molecule has 0 N–H and O–H groups in total. The fraction of sp³-hybridized carbons (Fsp3) is 0.652. The number of hydrogen-bond acceptors (Lipinski definition) is 3. The van der Waals surface area contributed by atoms with Gasteiger partial charge < -0.3 is 14.5 Å². The summed E-state index contributed by atoms with van der Waals surface area (Å²) in [5.74, 6) is 1.56. The fourth-order valence-electron chi connectivity index (χ4n) is 5.25. The number of carbonyl (C=O) groups excluding carboxylic acids is 2. The van der Waals surface area contributed by atoms with Gasteiger partial charge in [-0.05, 0) is 44.6 Å². The summed E-state index contributed by atoms with van der Waals surface area (Å²) in [6.07, 6.45) is 8.08. The molecule has 1 heterocycles. The topological polar surface area (TPSA) is 49.9 Å². The average molecular weight is 385 g/mol. The van der Waals surface area contributed by atoms with E-state index in [-0.39, 0.29) is 23.5 Å². The molecule has 1 aromatic rings. The second-order valence-corrected chi connectivity index (χ2v) is 8.93. The lowest BCUT2D eigenvalue weighted by molar-refractivity contribution is -0.138. The molecule has 28 heavy (non-hydrogen) atoms. The van der Waals surface area contributed by atoms with Crippen LogP contribution >= 0.6 is 0 Å². The summed E-state index contributed by atoms with van der Waals surface area (Å²) < 4.78 is 6.56. The molecule has 4 rings (SSSR count). The van der Waals surface area contributed by atoms with Gasteiger partial charge in [-0.3, -0.25) is 9.59 Å². The second kappa shape index (κ2) is 7.76. The van der Waals surface area contributed by atoms with Gasteiger partial charge in [-0.15, -0.1) is 0 Å². The van der Waals surface area contributed by atoms with E-state index in [1.54, 1.807) is 6.92 Å². The van der Waals surface area contributed by atoms with Crippen molar-refractivity contribution in [2.24, 2.45) is 5.92 Å². The molecule has 2 amide bonds. The molecule has 1 aromatic carbocycles. The summed E-state index contributed by atoms with van der Waals surface area (Å²) in [6, 6.07) is 8.34. The van der Waals surface area contributed by atoms with Crippen molar-refractivity contribution in [3.63, 3.8) is 0 Å². The predicted octanol–water partition coefficient (Wildman–Crippen LogP) is 3.76. The first kappa shape index (κ1) is 19.3. The van der Waals surface area contributed by atoms with Gasteiger partial charge in [-0.25, -0.2) is 0 Å². The van der Waals surface area contributed by atoms with E-state index in [0.29, 0.717) is 19.0 Å². The van der Waals surface area contributed by atoms with Crippen LogP contribution in [0.15, 0.2) is 24.3 Å². The van der Waals surface area contributed by atoms with Crippen molar-refractivity contribution in [2.75, 3.05) is 13.6 Å². The Morgan fingerprint density at radius 3 is 2.46 bits per heavy atom. The van der Waals surface area contributed by atoms with E-state index in [2.05, 4.69) is 0 Å². The molecule has 5 nitrogen and oxygen atoms in total. The Balaban J connectivity index is 1.47. The number of nitrogens with zero attached hydrogens (tertiary/aromatic N) is 2. The molecule has 0 saturated heterocycles. The van der Waals surface area contributed by atoms with Crippen molar-refractivity contribution in [3.05, 3.63) is 29.8 Å². The molecule has 0 bridgehead atoms. The number of benzene rings is 1. The van der Waals surface area contributed by atoms with Crippen molar-refractivity contribution < 1.29 is 14.3 Å². The molecule has 0 unspecified atom stereocenters. The highest BCUT2D eigenvalue weighted by Crippen LogP contribution is 2.40. The standard InChI is InChI=1S/C23H32N2O3/c1-17(26)25-15-19-9-5-6-10-21(19)28-23(16-25)13-11-20(12-14-23)24(2)22(27)18-7-3-4-8-18/h5-6,9-10,18,20H,3-4,7-8,11-16H2,1-2H3. The van der Waals surface area contributed by atoms with E-state index >= 15 is 0 Å². The number of rotatable bonds is 2. The number of hydrogen-bond donors (Lipinski definition) is 0. The molecule has 5 heteroatoms. The number of amides is 2. The van der Waals surface area contributed by atoms with Crippen molar-refractivity contribution in [3.8, 4) is 5.75 Å². The summed E-state index contributed by atoms with van der Waals surface area (Å²) in [4.78, 5) is 29.0. The Kier molecular flexibility index (Phi) is 5.35. The SMILES string of the molecule is CC(=O)N1Cc2ccccc2OC2(CCC(N(C)C(=O)C3CCCC3)CC2)C1. The number of para-hydroxylation sites is 1. The van der Waals surface area contributed by atoms with Crippen molar-refractivity contribution >= 4 is 11.8 Å². The number of carbonyl (C=O) groups is 2. The maximum absolute atomic E-state index is 12.8. The summed E-state index contributed by atoms with van der Waals surface area (Å²) in [7, 11) is 1.98. The van der Waals surface area contributed by atoms with Crippen LogP contribution in [0, 0.1) is 5.92 Å². The summed E-state index contributed by atoms with van der Waals surface area (Å²) >= 11 is 0. The highest BCUT2D eigenvalue weighted by atomic mass is 16.5. The molecule has 0 radical (unpaired) electrons. The molecule has 1 spiro atoms. The maximum Gasteiger partial charge on any atom is 0.225 e. The minimum atomic E-state index is -0.341. The normalized spacial score (nSPS) is 27.8. The van der Waals surface area contributed by atoms with E-state index in [1.165, 1.54) is 12.8 Å². The van der Waals surface area contributed by atoms with E-state index < -0.39 is 0 Å². The number of fused-ring (bicyclic) bond motifs is 1. The van der Waals surface area contributed by atoms with Crippen LogP contribution in [0.3, 0.4) is 0 Å². The molecule has 152 valence electrons. The number of ether oxygens (including phenoxy) is 1. The van der Waals surface area contributed by atoms with E-state index in [0.717, 1.165) is 49.8 Å². The highest BCUT2D eigenvalue weighted by Gasteiger charge is 2.43. The smallest absolute Gasteiger partial charge is 0.225 e. The van der Waals surface area contributed by atoms with Gasteiger partial charge in [0.2, 0.25) is 11.8 Å². The van der Waals surface area contributed by atoms with Gasteiger partial charge in [0.1, 0.15) is 11.4 Å². The Bertz CT molecular complexity index is 733. The van der Waals surface area contributed by atoms with E-state index in [1.807, 2.05) is 41.1 Å². The first-order valence-electron chi connectivity index (χ1n) is 10.8. The molecule has 3 aliphatic rings. The van der Waals surface area contributed by atoms with Crippen LogP contribution in [0.4, 0.5) is 0 Å². The van der Waals surface area contributed by atoms with Gasteiger partial charge in [0.25, 0.3) is 0 Å². The average Bonchev–Trinajstić information content (AvgIpc) is 3.17. The molecular formula is C23H32N2O3. The largest absolute Gasteiger partial charge is 0.485 e. The van der Waals surface area contributed by atoms with Gasteiger partial charge in [0.05, 0.1) is 6.54 Å². The van der Waals surface area contributed by atoms with Gasteiger partial charge in [0, 0.05) is 38.0 Å². The van der Waals surface area contributed by atoms with Crippen LogP contribution in [0.1, 0.15) is 63.9 Å². The lowest BCUT2D eigenvalue weighted by atomic mass is 9.80. The zero-order valence-corrected chi connectivity index (χ0v) is 17.2. The Hall–Kier alpha value is -2.04. The highest BCUT2D eigenvalue weighted by molar-refractivity contribution is 5.79. The molecule has 0 atom stereocenters. The molecule has 2 saturated carbocycles. The Morgan fingerprint density at radius 2 is 1.79 bits per heavy atom. The lowest BCUT2D eigenvalue weighted by Crippen LogP contribution is -2.52. The minimum Gasteiger partial charge on any atom is -0.485 e. The zero-order valence-electron chi connectivity index (χ0n) is 17.2. The molecule has 2 aliphatic carbocycles. The first-order chi connectivity index (χ1) is 13.5. The third kappa shape index (κ3) is 3.76. The summed E-state index contributed by atoms with van der Waals surface area (Å²) in [6.45, 7) is 2.88. The van der Waals surface area contributed by atoms with E-state index in [9.17, 15) is 9.59 Å². The summed E-state index contributed by atoms with van der Waals surface area (Å²) in [5, 5.41) is 0. The van der Waals surface area contributed by atoms with Gasteiger partial charge >= 0.3 is 0 Å². The molecule has 2 fully saturated rings. The molecular weight excluding hydrogens is 352 g/mol. The maximum atomic E-state index is 12.8. The van der Waals surface area contributed by atoms with Crippen LogP contribution < -0.4 is 4.74 Å². The molecule has 0 aromatic heterocycles. The quantitative estimate of drug-likeness (QED) is 0.780. The lowest BCUT2D eigenvalue weighted by Gasteiger charge is -2.43. The minimum absolute atomic E-state index is 0.0929. The van der Waals surface area contributed by atoms with Crippen molar-refractivity contribution in [1.29, 1.82) is 0 Å². The molecule has 1 aliphatic heterocycles. The third-order valence-electron chi connectivity index (χ3n) is 7.05. The van der Waals surface area contributed by atoms with Crippen LogP contribution in [-0.4, -0.2) is 46.8 Å².